The summed E-state index contributed by atoms with van der Waals surface area (Å²) in [7, 11) is 2.73. The number of methoxy groups -OCH3 is 2. The van der Waals surface area contributed by atoms with Crippen molar-refractivity contribution >= 4 is 18.0 Å². The lowest BCUT2D eigenvalue weighted by atomic mass is 10.2. The Balaban J connectivity index is 2.49. The number of carboxylic acid groups (broad SMARTS) is 1. The van der Waals surface area contributed by atoms with Crippen molar-refractivity contribution in [3.05, 3.63) is 0 Å². The molecule has 0 aromatic heterocycles. The molecule has 1 aliphatic heterocycles. The third kappa shape index (κ3) is 4.09. The number of ether oxygens (including phenoxy) is 2. The number of esters is 1. The van der Waals surface area contributed by atoms with Gasteiger partial charge in [-0.1, -0.05) is 0 Å². The standard InChI is InChI=1S/C11H18N2O6/c1-18-7-5-8(10(15)16)13(6-7)11(17)12-4-3-9(14)19-2/h7-8H,3-6H2,1-2H3,(H,12,17)(H,15,16). The molecule has 2 amide bonds. The summed E-state index contributed by atoms with van der Waals surface area (Å²) >= 11 is 0. The van der Waals surface area contributed by atoms with E-state index in [2.05, 4.69) is 10.1 Å². The van der Waals surface area contributed by atoms with Gasteiger partial charge in [-0.3, -0.25) is 4.79 Å². The molecule has 0 spiro atoms. The van der Waals surface area contributed by atoms with Gasteiger partial charge in [0.2, 0.25) is 0 Å². The van der Waals surface area contributed by atoms with Crippen molar-refractivity contribution in [1.29, 1.82) is 0 Å². The van der Waals surface area contributed by atoms with Gasteiger partial charge in [-0.2, -0.15) is 0 Å². The quantitative estimate of drug-likeness (QED) is 0.651. The first kappa shape index (κ1) is 15.2. The van der Waals surface area contributed by atoms with E-state index in [1.54, 1.807) is 0 Å². The van der Waals surface area contributed by atoms with Gasteiger partial charge in [0.25, 0.3) is 0 Å². The van der Waals surface area contributed by atoms with Crippen molar-refractivity contribution in [2.75, 3.05) is 27.3 Å². The first-order valence-corrected chi connectivity index (χ1v) is 5.86. The van der Waals surface area contributed by atoms with Crippen molar-refractivity contribution in [2.45, 2.75) is 25.0 Å². The van der Waals surface area contributed by atoms with E-state index in [0.717, 1.165) is 0 Å². The fourth-order valence-electron chi connectivity index (χ4n) is 1.90. The number of rotatable bonds is 5. The number of carbonyl (C=O) groups is 3. The average Bonchev–Trinajstić information content (AvgIpc) is 2.82. The van der Waals surface area contributed by atoms with Crippen LogP contribution >= 0.6 is 0 Å². The Bertz CT molecular complexity index is 359. The number of hydrogen-bond donors (Lipinski definition) is 2. The number of nitrogens with one attached hydrogen (secondary N) is 1. The second-order valence-corrected chi connectivity index (χ2v) is 4.16. The third-order valence-electron chi connectivity index (χ3n) is 2.97. The van der Waals surface area contributed by atoms with E-state index < -0.39 is 24.0 Å². The highest BCUT2D eigenvalue weighted by molar-refractivity contribution is 5.83. The zero-order chi connectivity index (χ0) is 14.4. The molecule has 19 heavy (non-hydrogen) atoms. The SMILES string of the molecule is COC(=O)CCNC(=O)N1CC(OC)CC1C(=O)O. The highest BCUT2D eigenvalue weighted by Gasteiger charge is 2.39. The van der Waals surface area contributed by atoms with Crippen LogP contribution in [0.2, 0.25) is 0 Å². The molecule has 1 rings (SSSR count). The summed E-state index contributed by atoms with van der Waals surface area (Å²) in [5, 5.41) is 11.5. The summed E-state index contributed by atoms with van der Waals surface area (Å²) in [5.41, 5.74) is 0. The van der Waals surface area contributed by atoms with Crippen molar-refractivity contribution in [2.24, 2.45) is 0 Å². The van der Waals surface area contributed by atoms with Crippen LogP contribution in [-0.2, 0) is 19.1 Å². The van der Waals surface area contributed by atoms with Crippen molar-refractivity contribution in [3.63, 3.8) is 0 Å². The van der Waals surface area contributed by atoms with Gasteiger partial charge in [0.1, 0.15) is 6.04 Å². The Morgan fingerprint density at radius 2 is 2.05 bits per heavy atom. The van der Waals surface area contributed by atoms with E-state index in [9.17, 15) is 14.4 Å². The van der Waals surface area contributed by atoms with Gasteiger partial charge in [0, 0.05) is 26.6 Å². The van der Waals surface area contributed by atoms with Gasteiger partial charge in [-0.05, 0) is 0 Å². The topological polar surface area (TPSA) is 105 Å². The molecular formula is C11H18N2O6. The number of carboxylic acids is 1. The van der Waals surface area contributed by atoms with Crippen LogP contribution in [0, 0.1) is 0 Å². The number of carbonyl (C=O) groups excluding carboxylic acids is 2. The molecule has 2 unspecified atom stereocenters. The first-order chi connectivity index (χ1) is 8.99. The van der Waals surface area contributed by atoms with Gasteiger partial charge in [0.15, 0.2) is 0 Å². The minimum absolute atomic E-state index is 0.0432. The fraction of sp³-hybridized carbons (Fsp3) is 0.727. The van der Waals surface area contributed by atoms with Gasteiger partial charge < -0.3 is 24.8 Å². The smallest absolute Gasteiger partial charge is 0.326 e. The number of likely N-dealkylation sites (tertiary alicyclic amines) is 1. The van der Waals surface area contributed by atoms with E-state index >= 15 is 0 Å². The summed E-state index contributed by atoms with van der Waals surface area (Å²) in [4.78, 5) is 35.0. The Morgan fingerprint density at radius 1 is 1.37 bits per heavy atom. The van der Waals surface area contributed by atoms with Crippen molar-refractivity contribution < 1.29 is 29.0 Å². The molecule has 0 aliphatic carbocycles. The number of urea groups is 1. The van der Waals surface area contributed by atoms with Crippen LogP contribution in [0.5, 0.6) is 0 Å². The summed E-state index contributed by atoms with van der Waals surface area (Å²) in [5.74, 6) is -1.51. The minimum atomic E-state index is -1.07. The highest BCUT2D eigenvalue weighted by Crippen LogP contribution is 2.20. The first-order valence-electron chi connectivity index (χ1n) is 5.86. The van der Waals surface area contributed by atoms with E-state index in [1.165, 1.54) is 19.1 Å². The second-order valence-electron chi connectivity index (χ2n) is 4.16. The lowest BCUT2D eigenvalue weighted by Crippen LogP contribution is -2.46. The van der Waals surface area contributed by atoms with E-state index in [1.807, 2.05) is 0 Å². The fourth-order valence-corrected chi connectivity index (χ4v) is 1.90. The van der Waals surface area contributed by atoms with Crippen LogP contribution in [-0.4, -0.2) is 67.4 Å². The monoisotopic (exact) mass is 274 g/mol. The maximum atomic E-state index is 11.8. The number of nitrogens with zero attached hydrogens (tertiary/aromatic N) is 1. The Labute approximate surface area is 110 Å². The molecule has 1 aliphatic rings. The summed E-state index contributed by atoms with van der Waals surface area (Å²) < 4.78 is 9.51. The minimum Gasteiger partial charge on any atom is -0.480 e. The Hall–Kier alpha value is -1.83. The maximum absolute atomic E-state index is 11.8. The molecule has 1 saturated heterocycles. The molecule has 2 N–H and O–H groups in total. The Morgan fingerprint density at radius 3 is 2.58 bits per heavy atom. The maximum Gasteiger partial charge on any atom is 0.326 e. The van der Waals surface area contributed by atoms with Gasteiger partial charge in [0.05, 0.1) is 19.6 Å². The van der Waals surface area contributed by atoms with Crippen molar-refractivity contribution in [3.8, 4) is 0 Å². The molecule has 0 aromatic rings. The van der Waals surface area contributed by atoms with Gasteiger partial charge >= 0.3 is 18.0 Å². The van der Waals surface area contributed by atoms with Crippen molar-refractivity contribution in [1.82, 2.24) is 10.2 Å². The average molecular weight is 274 g/mol. The van der Waals surface area contributed by atoms with E-state index in [0.29, 0.717) is 0 Å². The van der Waals surface area contributed by atoms with E-state index in [-0.39, 0.29) is 32.0 Å². The zero-order valence-corrected chi connectivity index (χ0v) is 10.9. The molecule has 0 bridgehead atoms. The predicted octanol–water partition coefficient (Wildman–Crippen LogP) is -0.567. The molecule has 2 atom stereocenters. The van der Waals surface area contributed by atoms with Crippen LogP contribution in [0.25, 0.3) is 0 Å². The molecule has 8 heteroatoms. The third-order valence-corrected chi connectivity index (χ3v) is 2.97. The normalized spacial score (nSPS) is 22.1. The molecule has 0 radical (unpaired) electrons. The van der Waals surface area contributed by atoms with Crippen LogP contribution in [0.1, 0.15) is 12.8 Å². The number of amides is 2. The molecular weight excluding hydrogens is 256 g/mol. The van der Waals surface area contributed by atoms with Crippen LogP contribution in [0.4, 0.5) is 4.79 Å². The number of aliphatic carboxylic acids is 1. The molecule has 0 aromatic carbocycles. The largest absolute Gasteiger partial charge is 0.480 e. The lowest BCUT2D eigenvalue weighted by Gasteiger charge is -2.21. The zero-order valence-electron chi connectivity index (χ0n) is 10.9. The van der Waals surface area contributed by atoms with Gasteiger partial charge in [-0.15, -0.1) is 0 Å². The van der Waals surface area contributed by atoms with E-state index in [4.69, 9.17) is 9.84 Å². The number of hydrogen-bond acceptors (Lipinski definition) is 5. The Kier molecular flexibility index (Phi) is 5.56. The molecule has 1 heterocycles. The second kappa shape index (κ2) is 6.93. The van der Waals surface area contributed by atoms with Crippen LogP contribution < -0.4 is 5.32 Å². The van der Waals surface area contributed by atoms with Crippen LogP contribution in [0.3, 0.4) is 0 Å². The highest BCUT2D eigenvalue weighted by atomic mass is 16.5. The van der Waals surface area contributed by atoms with Crippen LogP contribution in [0.15, 0.2) is 0 Å². The summed E-state index contributed by atoms with van der Waals surface area (Å²) in [6.07, 6.45) is 0.0186. The summed E-state index contributed by atoms with van der Waals surface area (Å²) in [6.45, 7) is 0.323. The predicted molar refractivity (Wildman–Crippen MR) is 63.6 cm³/mol. The lowest BCUT2D eigenvalue weighted by molar-refractivity contribution is -0.142. The molecule has 8 nitrogen and oxygen atoms in total. The summed E-state index contributed by atoms with van der Waals surface area (Å²) in [6, 6.07) is -1.42. The van der Waals surface area contributed by atoms with Gasteiger partial charge in [-0.25, -0.2) is 9.59 Å². The molecule has 1 fully saturated rings. The molecule has 108 valence electrons. The molecule has 0 saturated carbocycles.